The lowest BCUT2D eigenvalue weighted by atomic mass is 10.00. The van der Waals surface area contributed by atoms with Gasteiger partial charge in [0.25, 0.3) is 0 Å². The van der Waals surface area contributed by atoms with Gasteiger partial charge < -0.3 is 14.6 Å². The molecule has 1 N–H and O–H groups in total. The van der Waals surface area contributed by atoms with Crippen molar-refractivity contribution in [2.75, 3.05) is 46.6 Å². The van der Waals surface area contributed by atoms with Crippen molar-refractivity contribution in [3.05, 3.63) is 36.0 Å². The van der Waals surface area contributed by atoms with Gasteiger partial charge in [0.2, 0.25) is 0 Å². The second-order valence-corrected chi connectivity index (χ2v) is 9.32. The summed E-state index contributed by atoms with van der Waals surface area (Å²) < 4.78 is 19.8. The molecule has 0 bridgehead atoms. The normalized spacial score (nSPS) is 18.3. The standard InChI is InChI=1S/C19H27N3O2S/c1-21(2)11-12-24-16-5-6-17-18(14-20-19(17)13-16)15-7-9-22(10-8-15)25(3,4)23/h5-7,13-14,20H,3,8-12H2,1-2,4H3. The Morgan fingerprint density at radius 1 is 1.40 bits per heavy atom. The number of rotatable bonds is 6. The van der Waals surface area contributed by atoms with E-state index >= 15 is 0 Å². The molecular formula is C19H27N3O2S. The van der Waals surface area contributed by atoms with Crippen LogP contribution in [-0.2, 0) is 9.71 Å². The van der Waals surface area contributed by atoms with Gasteiger partial charge in [0, 0.05) is 64.3 Å². The summed E-state index contributed by atoms with van der Waals surface area (Å²) in [5.41, 5.74) is 3.60. The molecule has 1 aromatic carbocycles. The zero-order valence-electron chi connectivity index (χ0n) is 15.2. The number of aromatic amines is 1. The van der Waals surface area contributed by atoms with Crippen LogP contribution in [0.25, 0.3) is 16.5 Å². The molecule has 1 aliphatic rings. The van der Waals surface area contributed by atoms with Crippen molar-refractivity contribution >= 4 is 32.1 Å². The monoisotopic (exact) mass is 361 g/mol. The molecule has 0 radical (unpaired) electrons. The van der Waals surface area contributed by atoms with Crippen molar-refractivity contribution in [1.29, 1.82) is 0 Å². The van der Waals surface area contributed by atoms with Crippen molar-refractivity contribution in [3.8, 4) is 5.75 Å². The van der Waals surface area contributed by atoms with Gasteiger partial charge in [0.05, 0.1) is 0 Å². The molecule has 0 amide bonds. The number of likely N-dealkylation sites (N-methyl/N-ethyl adjacent to an activating group) is 1. The van der Waals surface area contributed by atoms with E-state index in [9.17, 15) is 4.21 Å². The fourth-order valence-electron chi connectivity index (χ4n) is 3.05. The number of H-pyrrole nitrogens is 1. The number of benzene rings is 1. The highest BCUT2D eigenvalue weighted by Gasteiger charge is 2.18. The molecule has 1 unspecified atom stereocenters. The van der Waals surface area contributed by atoms with Crippen molar-refractivity contribution in [2.24, 2.45) is 0 Å². The molecule has 1 aliphatic heterocycles. The Morgan fingerprint density at radius 2 is 2.20 bits per heavy atom. The number of hydrogen-bond acceptors (Lipinski definition) is 3. The molecule has 0 saturated carbocycles. The molecule has 0 saturated heterocycles. The van der Waals surface area contributed by atoms with Crippen LogP contribution in [0.4, 0.5) is 0 Å². The Balaban J connectivity index is 1.77. The quantitative estimate of drug-likeness (QED) is 0.804. The van der Waals surface area contributed by atoms with Gasteiger partial charge in [-0.1, -0.05) is 6.08 Å². The highest BCUT2D eigenvalue weighted by atomic mass is 32.2. The third-order valence-corrected chi connectivity index (χ3v) is 5.95. The van der Waals surface area contributed by atoms with Gasteiger partial charge >= 0.3 is 0 Å². The van der Waals surface area contributed by atoms with E-state index in [1.807, 2.05) is 24.5 Å². The van der Waals surface area contributed by atoms with Gasteiger partial charge in [-0.05, 0) is 44.1 Å². The van der Waals surface area contributed by atoms with Crippen molar-refractivity contribution in [3.63, 3.8) is 0 Å². The second kappa shape index (κ2) is 7.23. The molecule has 3 rings (SSSR count). The topological polar surface area (TPSA) is 48.6 Å². The molecule has 6 heteroatoms. The van der Waals surface area contributed by atoms with E-state index in [1.165, 1.54) is 16.5 Å². The molecule has 2 heterocycles. The van der Waals surface area contributed by atoms with Gasteiger partial charge in [0.1, 0.15) is 12.4 Å². The van der Waals surface area contributed by atoms with E-state index in [2.05, 4.69) is 40.2 Å². The summed E-state index contributed by atoms with van der Waals surface area (Å²) in [7, 11) is 1.95. The van der Waals surface area contributed by atoms with E-state index in [4.69, 9.17) is 4.74 Å². The van der Waals surface area contributed by atoms with E-state index < -0.39 is 9.71 Å². The van der Waals surface area contributed by atoms with Crippen LogP contribution in [-0.4, -0.2) is 70.9 Å². The smallest absolute Gasteiger partial charge is 0.121 e. The first kappa shape index (κ1) is 18.0. The largest absolute Gasteiger partial charge is 0.492 e. The lowest BCUT2D eigenvalue weighted by molar-refractivity contribution is 0.261. The van der Waals surface area contributed by atoms with Crippen LogP contribution in [0.3, 0.4) is 0 Å². The Hall–Kier alpha value is -1.76. The fraction of sp³-hybridized carbons (Fsp3) is 0.421. The summed E-state index contributed by atoms with van der Waals surface area (Å²) in [6, 6.07) is 6.20. The van der Waals surface area contributed by atoms with Crippen LogP contribution >= 0.6 is 0 Å². The molecular weight excluding hydrogens is 334 g/mol. The van der Waals surface area contributed by atoms with E-state index in [0.29, 0.717) is 13.2 Å². The Labute approximate surface area is 150 Å². The SMILES string of the molecule is C=S(C)(=O)N1CC=C(c2c[nH]c3cc(OCCN(C)C)ccc23)CC1. The summed E-state index contributed by atoms with van der Waals surface area (Å²) in [4.78, 5) is 5.45. The minimum atomic E-state index is -2.12. The van der Waals surface area contributed by atoms with E-state index in [0.717, 1.165) is 30.8 Å². The molecule has 136 valence electrons. The number of ether oxygens (including phenoxy) is 1. The first-order valence-electron chi connectivity index (χ1n) is 8.50. The lowest BCUT2D eigenvalue weighted by Crippen LogP contribution is -2.33. The first-order chi connectivity index (χ1) is 11.8. The molecule has 0 spiro atoms. The third-order valence-electron chi connectivity index (χ3n) is 4.52. The summed E-state index contributed by atoms with van der Waals surface area (Å²) >= 11 is 0. The Morgan fingerprint density at radius 3 is 2.84 bits per heavy atom. The van der Waals surface area contributed by atoms with E-state index in [-0.39, 0.29) is 0 Å². The molecule has 0 fully saturated rings. The second-order valence-electron chi connectivity index (χ2n) is 6.89. The van der Waals surface area contributed by atoms with Gasteiger partial charge in [-0.3, -0.25) is 4.21 Å². The summed E-state index contributed by atoms with van der Waals surface area (Å²) in [6.45, 7) is 3.04. The minimum Gasteiger partial charge on any atom is -0.492 e. The van der Waals surface area contributed by atoms with Crippen molar-refractivity contribution in [2.45, 2.75) is 6.42 Å². The van der Waals surface area contributed by atoms with Gasteiger partial charge in [0.15, 0.2) is 0 Å². The van der Waals surface area contributed by atoms with Crippen LogP contribution in [0.5, 0.6) is 5.75 Å². The zero-order valence-corrected chi connectivity index (χ0v) is 16.1. The van der Waals surface area contributed by atoms with Crippen LogP contribution < -0.4 is 4.74 Å². The third kappa shape index (κ3) is 4.26. The fourth-order valence-corrected chi connectivity index (χ4v) is 3.92. The summed E-state index contributed by atoms with van der Waals surface area (Å²) in [6.07, 6.45) is 6.81. The molecule has 25 heavy (non-hydrogen) atoms. The first-order valence-corrected chi connectivity index (χ1v) is 10.6. The average Bonchev–Trinajstić information content (AvgIpc) is 2.97. The van der Waals surface area contributed by atoms with Crippen molar-refractivity contribution in [1.82, 2.24) is 14.2 Å². The lowest BCUT2D eigenvalue weighted by Gasteiger charge is -2.27. The zero-order chi connectivity index (χ0) is 18.0. The van der Waals surface area contributed by atoms with Gasteiger partial charge in [-0.25, -0.2) is 4.31 Å². The van der Waals surface area contributed by atoms with Crippen LogP contribution in [0.2, 0.25) is 0 Å². The number of hydrogen-bond donors (Lipinski definition) is 1. The van der Waals surface area contributed by atoms with Crippen LogP contribution in [0.15, 0.2) is 30.5 Å². The maximum absolute atomic E-state index is 12.1. The van der Waals surface area contributed by atoms with E-state index in [1.54, 1.807) is 6.26 Å². The maximum atomic E-state index is 12.1. The molecule has 2 aromatic rings. The number of aromatic nitrogens is 1. The molecule has 0 aliphatic carbocycles. The number of nitrogens with one attached hydrogen (secondary N) is 1. The predicted octanol–water partition coefficient (Wildman–Crippen LogP) is 2.46. The maximum Gasteiger partial charge on any atom is 0.121 e. The van der Waals surface area contributed by atoms with Gasteiger partial charge in [-0.2, -0.15) is 0 Å². The van der Waals surface area contributed by atoms with Crippen LogP contribution in [0, 0.1) is 0 Å². The average molecular weight is 362 g/mol. The number of nitrogens with zero attached hydrogens (tertiary/aromatic N) is 2. The molecule has 1 atom stereocenters. The Bertz CT molecular complexity index is 881. The minimum absolute atomic E-state index is 0.675. The number of fused-ring (bicyclic) bond motifs is 1. The van der Waals surface area contributed by atoms with Crippen LogP contribution in [0.1, 0.15) is 12.0 Å². The van der Waals surface area contributed by atoms with Crippen molar-refractivity contribution < 1.29 is 8.95 Å². The summed E-state index contributed by atoms with van der Waals surface area (Å²) in [5, 5.41) is 1.20. The highest BCUT2D eigenvalue weighted by molar-refractivity contribution is 7.97. The predicted molar refractivity (Wildman–Crippen MR) is 108 cm³/mol. The Kier molecular flexibility index (Phi) is 5.22. The summed E-state index contributed by atoms with van der Waals surface area (Å²) in [5.74, 6) is 4.66. The molecule has 1 aromatic heterocycles. The molecule has 5 nitrogen and oxygen atoms in total. The van der Waals surface area contributed by atoms with Gasteiger partial charge in [-0.15, -0.1) is 0 Å². The highest BCUT2D eigenvalue weighted by Crippen LogP contribution is 2.31.